The molecule has 3 aliphatic heterocycles. The second-order valence-corrected chi connectivity index (χ2v) is 14.0. The fourth-order valence-electron chi connectivity index (χ4n) is 5.74. The van der Waals surface area contributed by atoms with Crippen molar-refractivity contribution in [2.45, 2.75) is 69.0 Å². The molecule has 3 unspecified atom stereocenters. The summed E-state index contributed by atoms with van der Waals surface area (Å²) < 4.78 is 56.9. The number of alkyl carbamates (subject to hydrolysis) is 1. The third-order valence-corrected chi connectivity index (χ3v) is 10.0. The number of aliphatic hydroxyl groups is 1. The van der Waals surface area contributed by atoms with Gasteiger partial charge in [0.05, 0.1) is 42.2 Å². The number of carbonyl (C=O) groups excluding carboxylic acids is 1. The van der Waals surface area contributed by atoms with E-state index in [-0.39, 0.29) is 50.1 Å². The van der Waals surface area contributed by atoms with Gasteiger partial charge in [-0.25, -0.2) is 13.2 Å². The van der Waals surface area contributed by atoms with Crippen molar-refractivity contribution in [1.29, 1.82) is 5.26 Å². The molecule has 0 bridgehead atoms. The van der Waals surface area contributed by atoms with Crippen molar-refractivity contribution in [1.82, 2.24) is 9.62 Å². The van der Waals surface area contributed by atoms with E-state index in [0.717, 1.165) is 5.56 Å². The summed E-state index contributed by atoms with van der Waals surface area (Å²) >= 11 is 0. The van der Waals surface area contributed by atoms with Crippen LogP contribution in [0.4, 0.5) is 4.79 Å². The molecule has 0 radical (unpaired) electrons. The molecule has 12 nitrogen and oxygen atoms in total. The van der Waals surface area contributed by atoms with Gasteiger partial charge in [0.2, 0.25) is 16.8 Å². The third-order valence-electron chi connectivity index (χ3n) is 8.20. The largest absolute Gasteiger partial charge is 0.454 e. The predicted octanol–water partition coefficient (Wildman–Crippen LogP) is 3.20. The molecule has 2 fully saturated rings. The van der Waals surface area contributed by atoms with Crippen molar-refractivity contribution >= 4 is 16.1 Å². The molecule has 5 atom stereocenters. The number of hydrogen-bond acceptors (Lipinski definition) is 10. The molecule has 238 valence electrons. The average Bonchev–Trinajstić information content (AvgIpc) is 3.74. The highest BCUT2D eigenvalue weighted by atomic mass is 32.2. The molecule has 1 amide bonds. The summed E-state index contributed by atoms with van der Waals surface area (Å²) in [6, 6.07) is 14.9. The molecule has 2 saturated heterocycles. The van der Waals surface area contributed by atoms with E-state index in [0.29, 0.717) is 30.9 Å². The van der Waals surface area contributed by atoms with E-state index in [2.05, 4.69) is 11.4 Å². The minimum atomic E-state index is -4.16. The zero-order valence-corrected chi connectivity index (χ0v) is 25.7. The first-order chi connectivity index (χ1) is 21.1. The van der Waals surface area contributed by atoms with E-state index in [1.165, 1.54) is 22.5 Å². The summed E-state index contributed by atoms with van der Waals surface area (Å²) in [7, 11) is -4.16. The first kappa shape index (κ1) is 32.0. The minimum Gasteiger partial charge on any atom is -0.454 e. The van der Waals surface area contributed by atoms with Crippen LogP contribution < -0.4 is 14.8 Å². The molecule has 0 spiro atoms. The monoisotopic (exact) mass is 629 g/mol. The third kappa shape index (κ3) is 7.62. The highest BCUT2D eigenvalue weighted by Crippen LogP contribution is 2.36. The highest BCUT2D eigenvalue weighted by Gasteiger charge is 2.44. The maximum atomic E-state index is 14.1. The van der Waals surface area contributed by atoms with Crippen LogP contribution in [0.15, 0.2) is 53.4 Å². The standard InChI is InChI=1S/C31H39N3O9S/c1-31(2,12-6-13-32)19-34(44(37,38)22-9-10-26-27(16-22)42-20-41-26)17-25(35)24(15-21-7-4-3-5-8-21)33-30(36)43-28-18-40-29-23(28)11-14-39-29/h3-5,7-10,16,23-25,28-29,35H,6,11-12,14-15,17-20H2,1-2H3,(H,33,36)/t23?,24-,25+,28?,29?/m0/s1. The quantitative estimate of drug-likeness (QED) is 0.337. The number of fused-ring (bicyclic) bond motifs is 2. The summed E-state index contributed by atoms with van der Waals surface area (Å²) in [6.45, 7) is 4.19. The van der Waals surface area contributed by atoms with Crippen molar-refractivity contribution in [2.75, 3.05) is 33.1 Å². The summed E-state index contributed by atoms with van der Waals surface area (Å²) in [4.78, 5) is 13.1. The number of sulfonamides is 1. The van der Waals surface area contributed by atoms with Crippen LogP contribution in [-0.4, -0.2) is 81.6 Å². The fourth-order valence-corrected chi connectivity index (χ4v) is 7.40. The Morgan fingerprint density at radius 2 is 1.95 bits per heavy atom. The molecule has 3 aliphatic rings. The maximum Gasteiger partial charge on any atom is 0.407 e. The SMILES string of the molecule is CC(C)(CCC#N)CN(C[C@@H](O)[C@H](Cc1ccccc1)NC(=O)OC1COC2OCCC12)S(=O)(=O)c1ccc2c(c1)OCO2. The van der Waals surface area contributed by atoms with Crippen LogP contribution in [0.2, 0.25) is 0 Å². The molecule has 2 N–H and O–H groups in total. The normalized spacial score (nSPS) is 22.3. The lowest BCUT2D eigenvalue weighted by molar-refractivity contribution is -0.0907. The van der Waals surface area contributed by atoms with Gasteiger partial charge in [-0.2, -0.15) is 9.57 Å². The number of hydrogen-bond donors (Lipinski definition) is 2. The predicted molar refractivity (Wildman–Crippen MR) is 157 cm³/mol. The van der Waals surface area contributed by atoms with Gasteiger partial charge >= 0.3 is 6.09 Å². The Bertz CT molecular complexity index is 1450. The second kappa shape index (κ2) is 13.7. The molecule has 2 aromatic carbocycles. The van der Waals surface area contributed by atoms with E-state index in [1.807, 2.05) is 44.2 Å². The van der Waals surface area contributed by atoms with Crippen LogP contribution in [0.3, 0.4) is 0 Å². The van der Waals surface area contributed by atoms with Gasteiger partial charge in [0.25, 0.3) is 0 Å². The van der Waals surface area contributed by atoms with Crippen molar-refractivity contribution in [2.24, 2.45) is 11.3 Å². The highest BCUT2D eigenvalue weighted by molar-refractivity contribution is 7.89. The molecule has 2 aromatic rings. The molecule has 0 aliphatic carbocycles. The zero-order valence-electron chi connectivity index (χ0n) is 24.9. The lowest BCUT2D eigenvalue weighted by atomic mass is 9.88. The van der Waals surface area contributed by atoms with E-state index >= 15 is 0 Å². The van der Waals surface area contributed by atoms with Gasteiger partial charge in [-0.3, -0.25) is 0 Å². The number of carbonyl (C=O) groups is 1. The van der Waals surface area contributed by atoms with Crippen molar-refractivity contribution in [3.8, 4) is 17.6 Å². The second-order valence-electron chi connectivity index (χ2n) is 12.1. The van der Waals surface area contributed by atoms with Crippen LogP contribution in [0.25, 0.3) is 0 Å². The Hall–Kier alpha value is -3.41. The Kier molecular flexibility index (Phi) is 9.97. The Morgan fingerprint density at radius 3 is 2.73 bits per heavy atom. The topological polar surface area (TPSA) is 157 Å². The Labute approximate surface area is 257 Å². The first-order valence-electron chi connectivity index (χ1n) is 14.7. The number of ether oxygens (including phenoxy) is 5. The Balaban J connectivity index is 1.38. The summed E-state index contributed by atoms with van der Waals surface area (Å²) in [5, 5.41) is 23.6. The van der Waals surface area contributed by atoms with Crippen LogP contribution in [0, 0.1) is 22.7 Å². The Morgan fingerprint density at radius 1 is 1.18 bits per heavy atom. The number of rotatable bonds is 13. The molecular formula is C31H39N3O9S. The summed E-state index contributed by atoms with van der Waals surface area (Å²) in [5.41, 5.74) is 0.243. The van der Waals surface area contributed by atoms with Gasteiger partial charge in [-0.15, -0.1) is 0 Å². The van der Waals surface area contributed by atoms with Crippen molar-refractivity contribution < 1.29 is 42.0 Å². The van der Waals surface area contributed by atoms with Gasteiger partial charge in [-0.1, -0.05) is 44.2 Å². The van der Waals surface area contributed by atoms with Gasteiger partial charge in [0, 0.05) is 25.6 Å². The molecule has 3 heterocycles. The van der Waals surface area contributed by atoms with Crippen LogP contribution in [0.5, 0.6) is 11.5 Å². The van der Waals surface area contributed by atoms with E-state index in [4.69, 9.17) is 23.7 Å². The first-order valence-corrected chi connectivity index (χ1v) is 16.2. The number of nitriles is 1. The van der Waals surface area contributed by atoms with Gasteiger partial charge in [0.15, 0.2) is 17.8 Å². The zero-order chi connectivity index (χ0) is 31.3. The van der Waals surface area contributed by atoms with Crippen LogP contribution in [-0.2, 0) is 30.7 Å². The van der Waals surface area contributed by atoms with E-state index in [9.17, 15) is 23.6 Å². The number of amides is 1. The van der Waals surface area contributed by atoms with Gasteiger partial charge < -0.3 is 34.1 Å². The average molecular weight is 630 g/mol. The van der Waals surface area contributed by atoms with Gasteiger partial charge in [0.1, 0.15) is 6.10 Å². The van der Waals surface area contributed by atoms with Crippen LogP contribution >= 0.6 is 0 Å². The molecule has 13 heteroatoms. The van der Waals surface area contributed by atoms with E-state index in [1.54, 1.807) is 0 Å². The number of aliphatic hydroxyl groups excluding tert-OH is 1. The van der Waals surface area contributed by atoms with Crippen molar-refractivity contribution in [3.05, 3.63) is 54.1 Å². The van der Waals surface area contributed by atoms with Crippen LogP contribution in [0.1, 0.15) is 38.7 Å². The molecular weight excluding hydrogens is 590 g/mol. The summed E-state index contributed by atoms with van der Waals surface area (Å²) in [6.07, 6.45) is -1.30. The smallest absolute Gasteiger partial charge is 0.407 e. The fraction of sp³-hybridized carbons (Fsp3) is 0.548. The number of benzene rings is 2. The van der Waals surface area contributed by atoms with Crippen molar-refractivity contribution in [3.63, 3.8) is 0 Å². The minimum absolute atomic E-state index is 0.00715. The molecule has 0 saturated carbocycles. The van der Waals surface area contributed by atoms with Gasteiger partial charge in [-0.05, 0) is 42.4 Å². The molecule has 5 rings (SSSR count). The molecule has 44 heavy (non-hydrogen) atoms. The number of nitrogens with one attached hydrogen (secondary N) is 1. The maximum absolute atomic E-state index is 14.1. The lowest BCUT2D eigenvalue weighted by Gasteiger charge is -2.35. The van der Waals surface area contributed by atoms with E-state index < -0.39 is 46.1 Å². The number of nitrogens with zero attached hydrogens (tertiary/aromatic N) is 2. The molecule has 0 aromatic heterocycles. The summed E-state index contributed by atoms with van der Waals surface area (Å²) in [5.74, 6) is 0.697. The lowest BCUT2D eigenvalue weighted by Crippen LogP contribution is -2.52.